The maximum Gasteiger partial charge on any atom is 0.233 e. The molecular formula is C14H20F2N2O. The van der Waals surface area contributed by atoms with Gasteiger partial charge in [0.2, 0.25) is 5.91 Å². The van der Waals surface area contributed by atoms with Crippen LogP contribution in [0.2, 0.25) is 0 Å². The van der Waals surface area contributed by atoms with Gasteiger partial charge in [-0.3, -0.25) is 4.79 Å². The van der Waals surface area contributed by atoms with Gasteiger partial charge < -0.3 is 10.6 Å². The molecule has 3 nitrogen and oxygen atoms in total. The van der Waals surface area contributed by atoms with Crippen molar-refractivity contribution in [3.05, 3.63) is 35.4 Å². The number of hydrogen-bond acceptors (Lipinski definition) is 2. The Labute approximate surface area is 112 Å². The number of halogens is 2. The fraction of sp³-hybridized carbons (Fsp3) is 0.500. The highest BCUT2D eigenvalue weighted by molar-refractivity contribution is 5.77. The zero-order valence-corrected chi connectivity index (χ0v) is 11.1. The minimum Gasteiger partial charge on any atom is -0.355 e. The van der Waals surface area contributed by atoms with E-state index < -0.39 is 11.6 Å². The Morgan fingerprint density at radius 1 is 1.16 bits per heavy atom. The molecule has 106 valence electrons. The molecule has 0 aliphatic rings. The molecule has 0 fully saturated rings. The van der Waals surface area contributed by atoms with E-state index in [1.165, 1.54) is 12.1 Å². The molecule has 2 N–H and O–H groups in total. The van der Waals surface area contributed by atoms with Crippen LogP contribution in [0.5, 0.6) is 0 Å². The molecule has 1 aromatic rings. The summed E-state index contributed by atoms with van der Waals surface area (Å²) in [5.41, 5.74) is 0.580. The number of carbonyl (C=O) groups excluding carboxylic acids is 1. The van der Waals surface area contributed by atoms with E-state index in [9.17, 15) is 13.6 Å². The van der Waals surface area contributed by atoms with Crippen LogP contribution >= 0.6 is 0 Å². The lowest BCUT2D eigenvalue weighted by molar-refractivity contribution is -0.120. The van der Waals surface area contributed by atoms with Gasteiger partial charge in [0, 0.05) is 12.6 Å². The number of carbonyl (C=O) groups is 1. The van der Waals surface area contributed by atoms with Crippen LogP contribution < -0.4 is 10.6 Å². The second-order valence-electron chi connectivity index (χ2n) is 4.41. The number of amides is 1. The van der Waals surface area contributed by atoms with Crippen LogP contribution in [-0.2, 0) is 11.2 Å². The van der Waals surface area contributed by atoms with Crippen molar-refractivity contribution >= 4 is 5.91 Å². The lowest BCUT2D eigenvalue weighted by atomic mass is 10.1. The van der Waals surface area contributed by atoms with E-state index in [4.69, 9.17) is 0 Å². The number of unbranched alkanes of at least 4 members (excludes halogenated alkanes) is 1. The maximum absolute atomic E-state index is 12.9. The van der Waals surface area contributed by atoms with E-state index in [1.807, 2.05) is 0 Å². The smallest absolute Gasteiger partial charge is 0.233 e. The topological polar surface area (TPSA) is 41.1 Å². The fourth-order valence-electron chi connectivity index (χ4n) is 1.66. The van der Waals surface area contributed by atoms with Crippen LogP contribution in [0.1, 0.15) is 25.3 Å². The molecule has 1 rings (SSSR count). The summed E-state index contributed by atoms with van der Waals surface area (Å²) in [6, 6.07) is 3.44. The quantitative estimate of drug-likeness (QED) is 0.710. The molecule has 0 unspecified atom stereocenters. The Morgan fingerprint density at radius 2 is 1.84 bits per heavy atom. The zero-order chi connectivity index (χ0) is 14.1. The van der Waals surface area contributed by atoms with E-state index in [2.05, 4.69) is 17.6 Å². The number of nitrogens with one attached hydrogen (secondary N) is 2. The molecule has 5 heteroatoms. The molecule has 0 atom stereocenters. The molecule has 0 saturated heterocycles. The van der Waals surface area contributed by atoms with Gasteiger partial charge >= 0.3 is 0 Å². The zero-order valence-electron chi connectivity index (χ0n) is 11.1. The Hall–Kier alpha value is -1.49. The first-order chi connectivity index (χ1) is 9.11. The molecule has 0 aliphatic carbocycles. The summed E-state index contributed by atoms with van der Waals surface area (Å²) in [6.45, 7) is 3.47. The molecule has 0 heterocycles. The van der Waals surface area contributed by atoms with Gasteiger partial charge in [0.15, 0.2) is 0 Å². The molecule has 1 amide bonds. The van der Waals surface area contributed by atoms with Crippen molar-refractivity contribution in [3.63, 3.8) is 0 Å². The minimum absolute atomic E-state index is 0.0566. The first kappa shape index (κ1) is 15.6. The third-order valence-electron chi connectivity index (χ3n) is 2.65. The first-order valence-corrected chi connectivity index (χ1v) is 6.54. The number of hydrogen-bond donors (Lipinski definition) is 2. The standard InChI is InChI=1S/C14H20F2N2O/c1-2-3-5-18-14(19)10-17-6-4-11-7-12(15)9-13(16)8-11/h7-9,17H,2-6,10H2,1H3,(H,18,19). The average Bonchev–Trinajstić information content (AvgIpc) is 2.34. The lowest BCUT2D eigenvalue weighted by Gasteiger charge is -2.06. The van der Waals surface area contributed by atoms with Gasteiger partial charge in [0.25, 0.3) is 0 Å². The summed E-state index contributed by atoms with van der Waals surface area (Å²) < 4.78 is 25.8. The third-order valence-corrected chi connectivity index (χ3v) is 2.65. The van der Waals surface area contributed by atoms with Gasteiger partial charge in [0.05, 0.1) is 6.54 Å². The normalized spacial score (nSPS) is 10.5. The fourth-order valence-corrected chi connectivity index (χ4v) is 1.66. The van der Waals surface area contributed by atoms with Gasteiger partial charge in [-0.05, 0) is 37.1 Å². The summed E-state index contributed by atoms with van der Waals surface area (Å²) in [5, 5.41) is 5.72. The molecular weight excluding hydrogens is 250 g/mol. The Bertz CT molecular complexity index is 390. The van der Waals surface area contributed by atoms with E-state index in [0.29, 0.717) is 25.1 Å². The van der Waals surface area contributed by atoms with Gasteiger partial charge in [-0.15, -0.1) is 0 Å². The maximum atomic E-state index is 12.9. The highest BCUT2D eigenvalue weighted by atomic mass is 19.1. The van der Waals surface area contributed by atoms with Crippen molar-refractivity contribution in [1.29, 1.82) is 0 Å². The number of rotatable bonds is 8. The van der Waals surface area contributed by atoms with Crippen molar-refractivity contribution in [3.8, 4) is 0 Å². The number of benzene rings is 1. The Morgan fingerprint density at radius 3 is 2.47 bits per heavy atom. The molecule has 0 spiro atoms. The van der Waals surface area contributed by atoms with Gasteiger partial charge in [-0.1, -0.05) is 13.3 Å². The third kappa shape index (κ3) is 6.86. The van der Waals surface area contributed by atoms with E-state index in [1.54, 1.807) is 0 Å². The largest absolute Gasteiger partial charge is 0.355 e. The molecule has 0 aromatic heterocycles. The SMILES string of the molecule is CCCCNC(=O)CNCCc1cc(F)cc(F)c1. The predicted octanol–water partition coefficient (Wildman–Crippen LogP) is 2.01. The Kier molecular flexibility index (Phi) is 7.03. The summed E-state index contributed by atoms with van der Waals surface area (Å²) >= 11 is 0. The van der Waals surface area contributed by atoms with Crippen molar-refractivity contribution in [2.24, 2.45) is 0 Å². The van der Waals surface area contributed by atoms with E-state index >= 15 is 0 Å². The lowest BCUT2D eigenvalue weighted by Crippen LogP contribution is -2.35. The minimum atomic E-state index is -0.577. The van der Waals surface area contributed by atoms with Crippen molar-refractivity contribution in [2.45, 2.75) is 26.2 Å². The summed E-state index contributed by atoms with van der Waals surface area (Å²) in [5.74, 6) is -1.21. The van der Waals surface area contributed by atoms with Crippen LogP contribution in [-0.4, -0.2) is 25.5 Å². The summed E-state index contributed by atoms with van der Waals surface area (Å²) in [4.78, 5) is 11.3. The van der Waals surface area contributed by atoms with Crippen molar-refractivity contribution in [1.82, 2.24) is 10.6 Å². The Balaban J connectivity index is 2.18. The summed E-state index contributed by atoms with van der Waals surface area (Å²) in [6.07, 6.45) is 2.49. The molecule has 0 aliphatic heterocycles. The molecule has 0 radical (unpaired) electrons. The molecule has 1 aromatic carbocycles. The molecule has 0 bridgehead atoms. The van der Waals surface area contributed by atoms with E-state index in [-0.39, 0.29) is 12.5 Å². The van der Waals surface area contributed by atoms with Crippen molar-refractivity contribution < 1.29 is 13.6 Å². The second-order valence-corrected chi connectivity index (χ2v) is 4.41. The van der Waals surface area contributed by atoms with Crippen molar-refractivity contribution in [2.75, 3.05) is 19.6 Å². The van der Waals surface area contributed by atoms with Crippen LogP contribution in [0, 0.1) is 11.6 Å². The van der Waals surface area contributed by atoms with Gasteiger partial charge in [-0.2, -0.15) is 0 Å². The first-order valence-electron chi connectivity index (χ1n) is 6.54. The summed E-state index contributed by atoms with van der Waals surface area (Å²) in [7, 11) is 0. The average molecular weight is 270 g/mol. The second kappa shape index (κ2) is 8.58. The predicted molar refractivity (Wildman–Crippen MR) is 70.8 cm³/mol. The monoisotopic (exact) mass is 270 g/mol. The molecule has 0 saturated carbocycles. The highest BCUT2D eigenvalue weighted by Gasteiger charge is 2.02. The van der Waals surface area contributed by atoms with Gasteiger partial charge in [0.1, 0.15) is 11.6 Å². The van der Waals surface area contributed by atoms with Crippen LogP contribution in [0.3, 0.4) is 0 Å². The van der Waals surface area contributed by atoms with Crippen LogP contribution in [0.25, 0.3) is 0 Å². The van der Waals surface area contributed by atoms with Crippen LogP contribution in [0.4, 0.5) is 8.78 Å². The van der Waals surface area contributed by atoms with Crippen LogP contribution in [0.15, 0.2) is 18.2 Å². The molecule has 19 heavy (non-hydrogen) atoms. The highest BCUT2D eigenvalue weighted by Crippen LogP contribution is 2.07. The van der Waals surface area contributed by atoms with E-state index in [0.717, 1.165) is 18.9 Å². The van der Waals surface area contributed by atoms with Gasteiger partial charge in [-0.25, -0.2) is 8.78 Å².